The first-order chi connectivity index (χ1) is 11.3. The van der Waals surface area contributed by atoms with E-state index >= 15 is 0 Å². The standard InChI is InChI=1S/C18H31N3O2/c22-17(18-5-2-1-3-16(18)11-19-14-18)21-8-6-20(7-9-21)12-15-4-10-23-13-15/h15-16,19H,1-14H2/t15?,16-,18+/m0/s1. The summed E-state index contributed by atoms with van der Waals surface area (Å²) in [5.41, 5.74) is -0.0697. The predicted octanol–water partition coefficient (Wildman–Crippen LogP) is 0.947. The third-order valence-electron chi connectivity index (χ3n) is 6.66. The number of carbonyl (C=O) groups excluding carboxylic acids is 1. The van der Waals surface area contributed by atoms with Crippen LogP contribution in [-0.4, -0.2) is 74.7 Å². The van der Waals surface area contributed by atoms with Crippen molar-refractivity contribution in [1.29, 1.82) is 0 Å². The van der Waals surface area contributed by atoms with Crippen LogP contribution < -0.4 is 5.32 Å². The van der Waals surface area contributed by atoms with Crippen LogP contribution in [0.25, 0.3) is 0 Å². The fourth-order valence-electron chi connectivity index (χ4n) is 5.21. The Labute approximate surface area is 139 Å². The molecule has 1 aliphatic carbocycles. The first kappa shape index (κ1) is 15.9. The third-order valence-corrected chi connectivity index (χ3v) is 6.66. The number of hydrogen-bond acceptors (Lipinski definition) is 4. The maximum Gasteiger partial charge on any atom is 0.230 e. The largest absolute Gasteiger partial charge is 0.381 e. The molecule has 1 amide bonds. The molecule has 0 bridgehead atoms. The number of rotatable bonds is 3. The number of piperazine rings is 1. The van der Waals surface area contributed by atoms with E-state index in [0.717, 1.165) is 65.4 Å². The second-order valence-electron chi connectivity index (χ2n) is 8.05. The maximum atomic E-state index is 13.3. The molecule has 3 atom stereocenters. The minimum Gasteiger partial charge on any atom is -0.381 e. The Morgan fingerprint density at radius 1 is 1.17 bits per heavy atom. The monoisotopic (exact) mass is 321 g/mol. The Hall–Kier alpha value is -0.650. The van der Waals surface area contributed by atoms with E-state index in [2.05, 4.69) is 15.1 Å². The molecule has 3 heterocycles. The van der Waals surface area contributed by atoms with E-state index in [4.69, 9.17) is 4.74 Å². The predicted molar refractivity (Wildman–Crippen MR) is 89.2 cm³/mol. The van der Waals surface area contributed by atoms with Crippen LogP contribution in [0.5, 0.6) is 0 Å². The highest BCUT2D eigenvalue weighted by Crippen LogP contribution is 2.45. The average molecular weight is 321 g/mol. The van der Waals surface area contributed by atoms with Gasteiger partial charge in [0.05, 0.1) is 12.0 Å². The molecule has 1 saturated carbocycles. The zero-order chi connectivity index (χ0) is 15.7. The highest BCUT2D eigenvalue weighted by atomic mass is 16.5. The summed E-state index contributed by atoms with van der Waals surface area (Å²) >= 11 is 0. The van der Waals surface area contributed by atoms with Crippen molar-refractivity contribution >= 4 is 5.91 Å². The zero-order valence-electron chi connectivity index (χ0n) is 14.3. The summed E-state index contributed by atoms with van der Waals surface area (Å²) in [4.78, 5) is 18.0. The van der Waals surface area contributed by atoms with Crippen molar-refractivity contribution in [1.82, 2.24) is 15.1 Å². The van der Waals surface area contributed by atoms with Gasteiger partial charge in [0.15, 0.2) is 0 Å². The topological polar surface area (TPSA) is 44.8 Å². The first-order valence-electron chi connectivity index (χ1n) is 9.58. The van der Waals surface area contributed by atoms with Crippen LogP contribution in [0.2, 0.25) is 0 Å². The number of nitrogens with zero attached hydrogens (tertiary/aromatic N) is 2. The fourth-order valence-corrected chi connectivity index (χ4v) is 5.21. The SMILES string of the molecule is O=C(N1CCN(CC2CCOC2)CC1)[C@@]12CCCC[C@H]1CNC2. The van der Waals surface area contributed by atoms with Gasteiger partial charge in [-0.05, 0) is 37.6 Å². The number of nitrogens with one attached hydrogen (secondary N) is 1. The average Bonchev–Trinajstić information content (AvgIpc) is 3.24. The molecule has 3 saturated heterocycles. The van der Waals surface area contributed by atoms with E-state index in [9.17, 15) is 4.79 Å². The third kappa shape index (κ3) is 3.03. The number of ether oxygens (including phenoxy) is 1. The molecule has 4 rings (SSSR count). The number of amides is 1. The van der Waals surface area contributed by atoms with E-state index in [1.807, 2.05) is 0 Å². The molecule has 4 fully saturated rings. The minimum atomic E-state index is -0.0697. The van der Waals surface area contributed by atoms with Crippen LogP contribution in [-0.2, 0) is 9.53 Å². The Morgan fingerprint density at radius 3 is 2.83 bits per heavy atom. The van der Waals surface area contributed by atoms with Crippen molar-refractivity contribution < 1.29 is 9.53 Å². The Balaban J connectivity index is 1.33. The van der Waals surface area contributed by atoms with E-state index in [1.54, 1.807) is 0 Å². The van der Waals surface area contributed by atoms with Crippen molar-refractivity contribution in [3.8, 4) is 0 Å². The molecular formula is C18H31N3O2. The van der Waals surface area contributed by atoms with Gasteiger partial charge in [0.25, 0.3) is 0 Å². The highest BCUT2D eigenvalue weighted by molar-refractivity contribution is 5.84. The molecule has 5 heteroatoms. The fraction of sp³-hybridized carbons (Fsp3) is 0.944. The molecule has 1 unspecified atom stereocenters. The van der Waals surface area contributed by atoms with Gasteiger partial charge in [-0.1, -0.05) is 12.8 Å². The van der Waals surface area contributed by atoms with Crippen LogP contribution in [0.1, 0.15) is 32.1 Å². The minimum absolute atomic E-state index is 0.0697. The summed E-state index contributed by atoms with van der Waals surface area (Å²) in [6.07, 6.45) is 6.07. The van der Waals surface area contributed by atoms with Crippen LogP contribution in [0.15, 0.2) is 0 Å². The molecule has 130 valence electrons. The van der Waals surface area contributed by atoms with E-state index in [0.29, 0.717) is 17.7 Å². The second kappa shape index (κ2) is 6.69. The molecular weight excluding hydrogens is 290 g/mol. The van der Waals surface area contributed by atoms with Gasteiger partial charge in [0.1, 0.15) is 0 Å². The number of carbonyl (C=O) groups is 1. The number of fused-ring (bicyclic) bond motifs is 1. The van der Waals surface area contributed by atoms with Gasteiger partial charge in [-0.15, -0.1) is 0 Å². The molecule has 0 spiro atoms. The first-order valence-corrected chi connectivity index (χ1v) is 9.58. The van der Waals surface area contributed by atoms with Gasteiger partial charge in [0, 0.05) is 45.9 Å². The molecule has 0 aromatic rings. The zero-order valence-corrected chi connectivity index (χ0v) is 14.3. The maximum absolute atomic E-state index is 13.3. The lowest BCUT2D eigenvalue weighted by atomic mass is 9.67. The van der Waals surface area contributed by atoms with E-state index < -0.39 is 0 Å². The molecule has 1 N–H and O–H groups in total. The smallest absolute Gasteiger partial charge is 0.230 e. The van der Waals surface area contributed by atoms with Crippen molar-refractivity contribution in [3.05, 3.63) is 0 Å². The second-order valence-corrected chi connectivity index (χ2v) is 8.05. The van der Waals surface area contributed by atoms with Crippen molar-refractivity contribution in [2.75, 3.05) is 59.0 Å². The summed E-state index contributed by atoms with van der Waals surface area (Å²) in [5, 5.41) is 3.51. The van der Waals surface area contributed by atoms with Crippen LogP contribution >= 0.6 is 0 Å². The molecule has 4 aliphatic rings. The molecule has 23 heavy (non-hydrogen) atoms. The van der Waals surface area contributed by atoms with E-state index in [1.165, 1.54) is 25.7 Å². The summed E-state index contributed by atoms with van der Waals surface area (Å²) < 4.78 is 5.49. The van der Waals surface area contributed by atoms with Crippen LogP contribution in [0.4, 0.5) is 0 Å². The van der Waals surface area contributed by atoms with Gasteiger partial charge in [-0.2, -0.15) is 0 Å². The lowest BCUT2D eigenvalue weighted by Crippen LogP contribution is -2.56. The van der Waals surface area contributed by atoms with Gasteiger partial charge in [0.2, 0.25) is 5.91 Å². The number of hydrogen-bond donors (Lipinski definition) is 1. The molecule has 0 aromatic heterocycles. The van der Waals surface area contributed by atoms with Crippen LogP contribution in [0.3, 0.4) is 0 Å². The Morgan fingerprint density at radius 2 is 2.04 bits per heavy atom. The summed E-state index contributed by atoms with van der Waals surface area (Å²) in [6, 6.07) is 0. The van der Waals surface area contributed by atoms with Crippen molar-refractivity contribution in [2.24, 2.45) is 17.3 Å². The van der Waals surface area contributed by atoms with Gasteiger partial charge in [-0.25, -0.2) is 0 Å². The summed E-state index contributed by atoms with van der Waals surface area (Å²) in [7, 11) is 0. The quantitative estimate of drug-likeness (QED) is 0.840. The Kier molecular flexibility index (Phi) is 4.61. The van der Waals surface area contributed by atoms with Gasteiger partial charge < -0.3 is 15.0 Å². The lowest BCUT2D eigenvalue weighted by molar-refractivity contribution is -0.147. The highest BCUT2D eigenvalue weighted by Gasteiger charge is 2.51. The van der Waals surface area contributed by atoms with Gasteiger partial charge >= 0.3 is 0 Å². The molecule has 5 nitrogen and oxygen atoms in total. The van der Waals surface area contributed by atoms with Crippen molar-refractivity contribution in [3.63, 3.8) is 0 Å². The Bertz CT molecular complexity index is 430. The van der Waals surface area contributed by atoms with E-state index in [-0.39, 0.29) is 5.41 Å². The normalized spacial score (nSPS) is 38.7. The molecule has 0 radical (unpaired) electrons. The summed E-state index contributed by atoms with van der Waals surface area (Å²) in [5.74, 6) is 1.74. The lowest BCUT2D eigenvalue weighted by Gasteiger charge is -2.43. The van der Waals surface area contributed by atoms with Crippen molar-refractivity contribution in [2.45, 2.75) is 32.1 Å². The molecule has 3 aliphatic heterocycles. The van der Waals surface area contributed by atoms with Gasteiger partial charge in [-0.3, -0.25) is 9.69 Å². The van der Waals surface area contributed by atoms with Crippen LogP contribution in [0, 0.1) is 17.3 Å². The molecule has 0 aromatic carbocycles. The summed E-state index contributed by atoms with van der Waals surface area (Å²) in [6.45, 7) is 8.88.